The van der Waals surface area contributed by atoms with Gasteiger partial charge >= 0.3 is 0 Å². The maximum atomic E-state index is 13.7. The monoisotopic (exact) mass is 361 g/mol. The molecule has 0 bridgehead atoms. The maximum Gasteiger partial charge on any atom is 0.250 e. The van der Waals surface area contributed by atoms with Crippen molar-refractivity contribution >= 4 is 23.3 Å². The highest BCUT2D eigenvalue weighted by Crippen LogP contribution is 2.17. The molecule has 0 saturated heterocycles. The number of hydrogen-bond donors (Lipinski definition) is 1. The largest absolute Gasteiger partial charge is 0.307 e. The van der Waals surface area contributed by atoms with Crippen LogP contribution in [0.15, 0.2) is 42.7 Å². The van der Waals surface area contributed by atoms with Crippen LogP contribution in [0.5, 0.6) is 0 Å². The molecule has 0 spiro atoms. The molecule has 6 nitrogen and oxygen atoms in total. The van der Waals surface area contributed by atoms with E-state index in [0.717, 1.165) is 0 Å². The number of carbonyl (C=O) groups excluding carboxylic acids is 1. The highest BCUT2D eigenvalue weighted by Gasteiger charge is 2.18. The summed E-state index contributed by atoms with van der Waals surface area (Å²) in [7, 11) is 0. The number of nitrogens with zero attached hydrogens (tertiary/aromatic N) is 4. The second kappa shape index (κ2) is 7.06. The number of hydrogen-bond acceptors (Lipinski definition) is 3. The highest BCUT2D eigenvalue weighted by atomic mass is 35.5. The van der Waals surface area contributed by atoms with Gasteiger partial charge in [0.2, 0.25) is 5.91 Å². The van der Waals surface area contributed by atoms with Crippen LogP contribution in [-0.4, -0.2) is 25.5 Å². The minimum absolute atomic E-state index is 0.268. The van der Waals surface area contributed by atoms with Crippen molar-refractivity contribution in [3.63, 3.8) is 0 Å². The smallest absolute Gasteiger partial charge is 0.250 e. The average molecular weight is 362 g/mol. The van der Waals surface area contributed by atoms with Crippen molar-refractivity contribution in [2.45, 2.75) is 26.4 Å². The summed E-state index contributed by atoms with van der Waals surface area (Å²) in [5.41, 5.74) is 1.19. The topological polar surface area (TPSA) is 64.7 Å². The molecular weight excluding hydrogens is 345 g/mol. The van der Waals surface area contributed by atoms with Crippen LogP contribution in [0.2, 0.25) is 5.02 Å². The molecule has 0 fully saturated rings. The molecule has 0 saturated carbocycles. The van der Waals surface area contributed by atoms with Gasteiger partial charge in [-0.2, -0.15) is 10.2 Å². The van der Waals surface area contributed by atoms with Crippen molar-refractivity contribution in [2.75, 3.05) is 5.32 Å². The molecule has 0 aliphatic carbocycles. The molecule has 1 N–H and O–H groups in total. The summed E-state index contributed by atoms with van der Waals surface area (Å²) in [6.07, 6.45) is 3.29. The van der Waals surface area contributed by atoms with E-state index in [1.54, 1.807) is 55.2 Å². The number of aromatic nitrogens is 4. The molecule has 2 heterocycles. The molecule has 1 atom stereocenters. The van der Waals surface area contributed by atoms with Crippen LogP contribution in [0.25, 0.3) is 0 Å². The minimum atomic E-state index is -0.539. The lowest BCUT2D eigenvalue weighted by Crippen LogP contribution is -2.24. The summed E-state index contributed by atoms with van der Waals surface area (Å²) >= 11 is 5.97. The van der Waals surface area contributed by atoms with Gasteiger partial charge in [-0.25, -0.2) is 4.39 Å². The Hall–Kier alpha value is -2.67. The number of halogens is 2. The third-order valence-electron chi connectivity index (χ3n) is 3.82. The fourth-order valence-corrected chi connectivity index (χ4v) is 2.46. The number of rotatable bonds is 5. The summed E-state index contributed by atoms with van der Waals surface area (Å²) in [6.45, 7) is 3.77. The first-order valence-corrected chi connectivity index (χ1v) is 8.11. The van der Waals surface area contributed by atoms with Gasteiger partial charge in [-0.3, -0.25) is 14.2 Å². The van der Waals surface area contributed by atoms with Gasteiger partial charge in [-0.1, -0.05) is 29.8 Å². The van der Waals surface area contributed by atoms with Crippen molar-refractivity contribution in [3.05, 3.63) is 64.8 Å². The van der Waals surface area contributed by atoms with Crippen molar-refractivity contribution in [3.8, 4) is 0 Å². The zero-order valence-corrected chi connectivity index (χ0v) is 14.5. The number of aryl methyl sites for hydroxylation is 1. The molecule has 25 heavy (non-hydrogen) atoms. The van der Waals surface area contributed by atoms with E-state index >= 15 is 0 Å². The molecule has 1 aromatic carbocycles. The Labute approximate surface area is 149 Å². The van der Waals surface area contributed by atoms with E-state index < -0.39 is 6.04 Å². The zero-order chi connectivity index (χ0) is 18.0. The van der Waals surface area contributed by atoms with E-state index in [1.165, 1.54) is 10.7 Å². The van der Waals surface area contributed by atoms with Crippen LogP contribution in [0.1, 0.15) is 24.2 Å². The molecule has 0 aliphatic heterocycles. The van der Waals surface area contributed by atoms with E-state index in [0.29, 0.717) is 22.1 Å². The van der Waals surface area contributed by atoms with Crippen LogP contribution in [0.3, 0.4) is 0 Å². The van der Waals surface area contributed by atoms with Crippen molar-refractivity contribution in [1.82, 2.24) is 19.6 Å². The van der Waals surface area contributed by atoms with E-state index in [-0.39, 0.29) is 18.3 Å². The highest BCUT2D eigenvalue weighted by molar-refractivity contribution is 6.31. The van der Waals surface area contributed by atoms with Crippen LogP contribution < -0.4 is 5.32 Å². The Kier molecular flexibility index (Phi) is 4.85. The molecule has 1 unspecified atom stereocenters. The predicted molar refractivity (Wildman–Crippen MR) is 93.0 cm³/mol. The lowest BCUT2D eigenvalue weighted by molar-refractivity contribution is -0.119. The SMILES string of the molecule is Cc1nn(C(C)C(=O)Nc2ccn(Cc3ccccc3F)n2)cc1Cl. The summed E-state index contributed by atoms with van der Waals surface area (Å²) in [6, 6.07) is 7.62. The van der Waals surface area contributed by atoms with Gasteiger partial charge < -0.3 is 5.32 Å². The first-order chi connectivity index (χ1) is 11.9. The zero-order valence-electron chi connectivity index (χ0n) is 13.8. The van der Waals surface area contributed by atoms with Gasteiger partial charge in [0.1, 0.15) is 11.9 Å². The fourth-order valence-electron chi connectivity index (χ4n) is 2.33. The normalized spacial score (nSPS) is 12.2. The van der Waals surface area contributed by atoms with Crippen LogP contribution in [-0.2, 0) is 11.3 Å². The first kappa shape index (κ1) is 17.2. The quantitative estimate of drug-likeness (QED) is 0.757. The molecule has 130 valence electrons. The number of anilines is 1. The number of amides is 1. The second-order valence-electron chi connectivity index (χ2n) is 5.70. The van der Waals surface area contributed by atoms with Gasteiger partial charge in [0.25, 0.3) is 0 Å². The first-order valence-electron chi connectivity index (χ1n) is 7.73. The molecule has 0 aliphatic rings. The average Bonchev–Trinajstić information content (AvgIpc) is 3.15. The molecule has 2 aromatic heterocycles. The lowest BCUT2D eigenvalue weighted by atomic mass is 10.2. The number of carbonyl (C=O) groups is 1. The third kappa shape index (κ3) is 3.88. The molecule has 8 heteroatoms. The summed E-state index contributed by atoms with van der Waals surface area (Å²) in [5.74, 6) is -0.165. The standard InChI is InChI=1S/C17H17ClFN5O/c1-11-14(18)10-24(21-11)12(2)17(25)20-16-7-8-23(22-16)9-13-5-3-4-6-15(13)19/h3-8,10,12H,9H2,1-2H3,(H,20,22,25). The van der Waals surface area contributed by atoms with E-state index in [1.807, 2.05) is 0 Å². The minimum Gasteiger partial charge on any atom is -0.307 e. The Morgan fingerprint density at radius 2 is 2.08 bits per heavy atom. The molecule has 3 aromatic rings. The number of nitrogens with one attached hydrogen (secondary N) is 1. The Balaban J connectivity index is 1.66. The molecule has 3 rings (SSSR count). The van der Waals surface area contributed by atoms with Crippen molar-refractivity contribution in [1.29, 1.82) is 0 Å². The second-order valence-corrected chi connectivity index (χ2v) is 6.10. The van der Waals surface area contributed by atoms with Gasteiger partial charge in [0, 0.05) is 24.0 Å². The van der Waals surface area contributed by atoms with Gasteiger partial charge in [-0.15, -0.1) is 0 Å². The van der Waals surface area contributed by atoms with E-state index in [9.17, 15) is 9.18 Å². The third-order valence-corrected chi connectivity index (χ3v) is 4.19. The van der Waals surface area contributed by atoms with Crippen LogP contribution in [0.4, 0.5) is 10.2 Å². The predicted octanol–water partition coefficient (Wildman–Crippen LogP) is 3.43. The summed E-state index contributed by atoms with van der Waals surface area (Å²) < 4.78 is 16.8. The van der Waals surface area contributed by atoms with Crippen molar-refractivity contribution in [2.24, 2.45) is 0 Å². The Bertz CT molecular complexity index is 885. The maximum absolute atomic E-state index is 13.7. The molecule has 0 radical (unpaired) electrons. The fraction of sp³-hybridized carbons (Fsp3) is 0.235. The van der Waals surface area contributed by atoms with E-state index in [4.69, 9.17) is 11.6 Å². The van der Waals surface area contributed by atoms with Crippen molar-refractivity contribution < 1.29 is 9.18 Å². The van der Waals surface area contributed by atoms with Crippen LogP contribution in [0, 0.1) is 12.7 Å². The van der Waals surface area contributed by atoms with Gasteiger partial charge in [-0.05, 0) is 19.9 Å². The summed E-state index contributed by atoms with van der Waals surface area (Å²) in [4.78, 5) is 12.3. The van der Waals surface area contributed by atoms with Gasteiger partial charge in [0.05, 0.1) is 17.3 Å². The molecular formula is C17H17ClFN5O. The Morgan fingerprint density at radius 1 is 1.32 bits per heavy atom. The number of benzene rings is 1. The summed E-state index contributed by atoms with van der Waals surface area (Å²) in [5, 5.41) is 11.7. The Morgan fingerprint density at radius 3 is 2.76 bits per heavy atom. The van der Waals surface area contributed by atoms with Crippen LogP contribution >= 0.6 is 11.6 Å². The molecule has 1 amide bonds. The van der Waals surface area contributed by atoms with E-state index in [2.05, 4.69) is 15.5 Å². The lowest BCUT2D eigenvalue weighted by Gasteiger charge is -2.11. The van der Waals surface area contributed by atoms with Gasteiger partial charge in [0.15, 0.2) is 5.82 Å².